The standard InChI is InChI=1S/C19H28N2O4/c1-4-6-8-15(5-2)19(23)14(3)16-9-10-17(20-11-7-12-22)18(13-16)21(24)25/h9-10,12-15,20H,4-8,11H2,1-3H3. The number of benzene rings is 1. The van der Waals surface area contributed by atoms with E-state index in [-0.39, 0.29) is 29.7 Å². The number of Topliss-reactive ketones (excluding diaryl/α,β-unsaturated/α-hetero) is 1. The molecule has 0 aliphatic carbocycles. The fourth-order valence-corrected chi connectivity index (χ4v) is 2.90. The summed E-state index contributed by atoms with van der Waals surface area (Å²) in [7, 11) is 0. The van der Waals surface area contributed by atoms with E-state index >= 15 is 0 Å². The van der Waals surface area contributed by atoms with Crippen LogP contribution >= 0.6 is 0 Å². The quantitative estimate of drug-likeness (QED) is 0.260. The second kappa shape index (κ2) is 10.6. The molecule has 0 aromatic heterocycles. The maximum atomic E-state index is 12.7. The van der Waals surface area contributed by atoms with Crippen molar-refractivity contribution in [3.05, 3.63) is 33.9 Å². The molecule has 1 aromatic carbocycles. The lowest BCUT2D eigenvalue weighted by molar-refractivity contribution is -0.384. The lowest BCUT2D eigenvalue weighted by Crippen LogP contribution is -2.20. The first-order valence-corrected chi connectivity index (χ1v) is 8.95. The molecule has 138 valence electrons. The molecule has 0 heterocycles. The molecule has 2 atom stereocenters. The first-order valence-electron chi connectivity index (χ1n) is 8.95. The first kappa shape index (κ1) is 20.8. The van der Waals surface area contributed by atoms with Crippen molar-refractivity contribution in [2.24, 2.45) is 5.92 Å². The molecule has 6 nitrogen and oxygen atoms in total. The summed E-state index contributed by atoms with van der Waals surface area (Å²) in [5, 5.41) is 14.2. The summed E-state index contributed by atoms with van der Waals surface area (Å²) in [5.41, 5.74) is 0.963. The molecule has 0 saturated heterocycles. The van der Waals surface area contributed by atoms with E-state index < -0.39 is 4.92 Å². The van der Waals surface area contributed by atoms with Gasteiger partial charge in [0.25, 0.3) is 5.69 Å². The van der Waals surface area contributed by atoms with Gasteiger partial charge < -0.3 is 10.1 Å². The normalized spacial score (nSPS) is 13.1. The topological polar surface area (TPSA) is 89.3 Å². The van der Waals surface area contributed by atoms with E-state index in [4.69, 9.17) is 0 Å². The highest BCUT2D eigenvalue weighted by Crippen LogP contribution is 2.31. The Bertz CT molecular complexity index is 601. The zero-order valence-corrected chi connectivity index (χ0v) is 15.3. The van der Waals surface area contributed by atoms with Gasteiger partial charge in [0.2, 0.25) is 0 Å². The number of aldehydes is 1. The predicted molar refractivity (Wildman–Crippen MR) is 99.0 cm³/mol. The summed E-state index contributed by atoms with van der Waals surface area (Å²) < 4.78 is 0. The van der Waals surface area contributed by atoms with E-state index in [0.29, 0.717) is 17.8 Å². The Morgan fingerprint density at radius 3 is 2.64 bits per heavy atom. The Hall–Kier alpha value is -2.24. The maximum Gasteiger partial charge on any atom is 0.292 e. The predicted octanol–water partition coefficient (Wildman–Crippen LogP) is 4.48. The molecule has 0 aliphatic rings. The summed E-state index contributed by atoms with van der Waals surface area (Å²) in [6.07, 6.45) is 4.75. The van der Waals surface area contributed by atoms with E-state index in [1.165, 1.54) is 6.07 Å². The minimum atomic E-state index is -0.460. The number of hydrogen-bond donors (Lipinski definition) is 1. The molecule has 0 saturated carbocycles. The Morgan fingerprint density at radius 2 is 2.08 bits per heavy atom. The molecule has 1 aromatic rings. The van der Waals surface area contributed by atoms with Gasteiger partial charge in [-0.3, -0.25) is 14.9 Å². The van der Waals surface area contributed by atoms with Crippen LogP contribution in [0.3, 0.4) is 0 Å². The highest BCUT2D eigenvalue weighted by Gasteiger charge is 2.25. The average molecular weight is 348 g/mol. The number of ketones is 1. The zero-order valence-electron chi connectivity index (χ0n) is 15.3. The second-order valence-corrected chi connectivity index (χ2v) is 6.29. The Kier molecular flexibility index (Phi) is 8.81. The van der Waals surface area contributed by atoms with Crippen molar-refractivity contribution in [1.29, 1.82) is 0 Å². The molecular formula is C19H28N2O4. The van der Waals surface area contributed by atoms with Crippen LogP contribution in [0, 0.1) is 16.0 Å². The van der Waals surface area contributed by atoms with E-state index in [0.717, 1.165) is 32.0 Å². The van der Waals surface area contributed by atoms with Crippen LogP contribution in [-0.4, -0.2) is 23.5 Å². The summed E-state index contributed by atoms with van der Waals surface area (Å²) in [6, 6.07) is 4.85. The van der Waals surface area contributed by atoms with Crippen LogP contribution < -0.4 is 5.32 Å². The number of carbonyl (C=O) groups excluding carboxylic acids is 2. The van der Waals surface area contributed by atoms with Crippen LogP contribution in [0.2, 0.25) is 0 Å². The van der Waals surface area contributed by atoms with Crippen molar-refractivity contribution in [3.63, 3.8) is 0 Å². The van der Waals surface area contributed by atoms with Crippen molar-refractivity contribution in [2.75, 3.05) is 11.9 Å². The molecular weight excluding hydrogens is 320 g/mol. The van der Waals surface area contributed by atoms with Crippen LogP contribution in [0.25, 0.3) is 0 Å². The van der Waals surface area contributed by atoms with Gasteiger partial charge in [0.05, 0.1) is 4.92 Å². The maximum absolute atomic E-state index is 12.7. The van der Waals surface area contributed by atoms with E-state index in [2.05, 4.69) is 12.2 Å². The fourth-order valence-electron chi connectivity index (χ4n) is 2.90. The fraction of sp³-hybridized carbons (Fsp3) is 0.579. The van der Waals surface area contributed by atoms with Gasteiger partial charge in [-0.25, -0.2) is 0 Å². The zero-order chi connectivity index (χ0) is 18.8. The van der Waals surface area contributed by atoms with Crippen molar-refractivity contribution < 1.29 is 14.5 Å². The average Bonchev–Trinajstić information content (AvgIpc) is 2.61. The van der Waals surface area contributed by atoms with Crippen molar-refractivity contribution in [1.82, 2.24) is 0 Å². The van der Waals surface area contributed by atoms with Gasteiger partial charge in [0.15, 0.2) is 0 Å². The minimum Gasteiger partial charge on any atom is -0.379 e. The number of rotatable bonds is 12. The number of nitro benzene ring substituents is 1. The number of anilines is 1. The summed E-state index contributed by atoms with van der Waals surface area (Å²) in [4.78, 5) is 34.0. The van der Waals surface area contributed by atoms with Crippen molar-refractivity contribution >= 4 is 23.4 Å². The summed E-state index contributed by atoms with van der Waals surface area (Å²) in [5.74, 6) is -0.226. The van der Waals surface area contributed by atoms with Crippen LogP contribution in [0.5, 0.6) is 0 Å². The Labute approximate surface area is 149 Å². The van der Waals surface area contributed by atoms with E-state index in [1.54, 1.807) is 12.1 Å². The molecule has 1 rings (SSSR count). The lowest BCUT2D eigenvalue weighted by Gasteiger charge is -2.19. The van der Waals surface area contributed by atoms with Gasteiger partial charge in [-0.15, -0.1) is 0 Å². The molecule has 1 N–H and O–H groups in total. The smallest absolute Gasteiger partial charge is 0.292 e. The molecule has 25 heavy (non-hydrogen) atoms. The molecule has 0 bridgehead atoms. The number of hydrogen-bond acceptors (Lipinski definition) is 5. The van der Waals surface area contributed by atoms with Crippen molar-refractivity contribution in [2.45, 2.75) is 58.8 Å². The first-order chi connectivity index (χ1) is 12.0. The van der Waals surface area contributed by atoms with Gasteiger partial charge in [0.1, 0.15) is 17.8 Å². The molecule has 6 heteroatoms. The third kappa shape index (κ3) is 5.96. The monoisotopic (exact) mass is 348 g/mol. The van der Waals surface area contributed by atoms with Gasteiger partial charge in [-0.2, -0.15) is 0 Å². The minimum absolute atomic E-state index is 0.000556. The van der Waals surface area contributed by atoms with Gasteiger partial charge >= 0.3 is 0 Å². The molecule has 0 spiro atoms. The number of nitro groups is 1. The van der Waals surface area contributed by atoms with E-state index in [1.807, 2.05) is 13.8 Å². The molecule has 0 fully saturated rings. The third-order valence-corrected chi connectivity index (χ3v) is 4.52. The van der Waals surface area contributed by atoms with Crippen LogP contribution in [0.4, 0.5) is 11.4 Å². The number of unbranched alkanes of at least 4 members (excludes halogenated alkanes) is 1. The number of nitrogens with one attached hydrogen (secondary N) is 1. The van der Waals surface area contributed by atoms with Crippen molar-refractivity contribution in [3.8, 4) is 0 Å². The SMILES string of the molecule is CCCCC(CC)C(=O)C(C)c1ccc(NCCC=O)c([N+](=O)[O-])c1. The lowest BCUT2D eigenvalue weighted by atomic mass is 9.84. The summed E-state index contributed by atoms with van der Waals surface area (Å²) >= 11 is 0. The highest BCUT2D eigenvalue weighted by atomic mass is 16.6. The Balaban J connectivity index is 2.99. The van der Waals surface area contributed by atoms with Crippen LogP contribution in [0.1, 0.15) is 64.4 Å². The van der Waals surface area contributed by atoms with Gasteiger partial charge in [0, 0.05) is 30.9 Å². The molecule has 0 radical (unpaired) electrons. The molecule has 2 unspecified atom stereocenters. The number of carbonyl (C=O) groups is 2. The molecule has 0 aliphatic heterocycles. The largest absolute Gasteiger partial charge is 0.379 e. The van der Waals surface area contributed by atoms with Crippen LogP contribution in [-0.2, 0) is 9.59 Å². The van der Waals surface area contributed by atoms with Gasteiger partial charge in [-0.05, 0) is 24.5 Å². The number of nitrogens with zero attached hydrogens (tertiary/aromatic N) is 1. The highest BCUT2D eigenvalue weighted by molar-refractivity contribution is 5.88. The second-order valence-electron chi connectivity index (χ2n) is 6.29. The molecule has 0 amide bonds. The summed E-state index contributed by atoms with van der Waals surface area (Å²) in [6.45, 7) is 6.26. The van der Waals surface area contributed by atoms with E-state index in [9.17, 15) is 19.7 Å². The van der Waals surface area contributed by atoms with Gasteiger partial charge in [-0.1, -0.05) is 39.7 Å². The third-order valence-electron chi connectivity index (χ3n) is 4.52. The van der Waals surface area contributed by atoms with Crippen LogP contribution in [0.15, 0.2) is 18.2 Å². The Morgan fingerprint density at radius 1 is 1.36 bits per heavy atom.